The minimum atomic E-state index is -1.12. The van der Waals surface area contributed by atoms with Crippen LogP contribution < -0.4 is 9.47 Å². The molecule has 0 radical (unpaired) electrons. The molecular formula is C16H20N2O6S. The van der Waals surface area contributed by atoms with Gasteiger partial charge in [0, 0.05) is 12.6 Å². The molecule has 8 nitrogen and oxygen atoms in total. The topological polar surface area (TPSA) is 96.4 Å². The van der Waals surface area contributed by atoms with Crippen molar-refractivity contribution < 1.29 is 29.0 Å². The Kier molecular flexibility index (Phi) is 6.51. The smallest absolute Gasteiger partial charge is 0.323 e. The van der Waals surface area contributed by atoms with Crippen molar-refractivity contribution >= 4 is 29.5 Å². The molecule has 0 atom stereocenters. The van der Waals surface area contributed by atoms with Gasteiger partial charge in [-0.25, -0.2) is 0 Å². The molecule has 0 spiro atoms. The van der Waals surface area contributed by atoms with Crippen LogP contribution in [0.25, 0.3) is 0 Å². The number of ether oxygens (including phenoxy) is 2. The van der Waals surface area contributed by atoms with Crippen LogP contribution in [0.5, 0.6) is 11.5 Å². The number of rotatable bonds is 8. The van der Waals surface area contributed by atoms with Gasteiger partial charge >= 0.3 is 5.97 Å². The van der Waals surface area contributed by atoms with Gasteiger partial charge in [-0.3, -0.25) is 14.4 Å². The molecule has 0 unspecified atom stereocenters. The summed E-state index contributed by atoms with van der Waals surface area (Å²) >= 11 is 1.43. The molecule has 1 aliphatic heterocycles. The lowest BCUT2D eigenvalue weighted by atomic mass is 10.2. The van der Waals surface area contributed by atoms with E-state index in [0.717, 1.165) is 0 Å². The SMILES string of the molecule is COc1cc(CN(CC(=O)O)C(=O)CN2CSCC2=O)cc(OC)c1. The van der Waals surface area contributed by atoms with Crippen LogP contribution in [0.4, 0.5) is 0 Å². The van der Waals surface area contributed by atoms with Gasteiger partial charge in [0.1, 0.15) is 24.6 Å². The molecule has 0 bridgehead atoms. The first kappa shape index (κ1) is 18.9. The normalized spacial score (nSPS) is 13.7. The second-order valence-electron chi connectivity index (χ2n) is 5.43. The predicted molar refractivity (Wildman–Crippen MR) is 91.6 cm³/mol. The first-order valence-electron chi connectivity index (χ1n) is 7.50. The van der Waals surface area contributed by atoms with Crippen molar-refractivity contribution in [2.75, 3.05) is 38.9 Å². The van der Waals surface area contributed by atoms with Crippen LogP contribution in [0.3, 0.4) is 0 Å². The number of carbonyl (C=O) groups excluding carboxylic acids is 2. The molecule has 1 aromatic carbocycles. The molecule has 1 saturated heterocycles. The van der Waals surface area contributed by atoms with Gasteiger partial charge < -0.3 is 24.4 Å². The molecule has 1 fully saturated rings. The number of thioether (sulfide) groups is 1. The highest BCUT2D eigenvalue weighted by atomic mass is 32.2. The molecule has 1 heterocycles. The number of aliphatic carboxylic acids is 1. The van der Waals surface area contributed by atoms with E-state index in [4.69, 9.17) is 14.6 Å². The van der Waals surface area contributed by atoms with Crippen molar-refractivity contribution in [2.45, 2.75) is 6.54 Å². The van der Waals surface area contributed by atoms with Gasteiger partial charge in [-0.05, 0) is 17.7 Å². The average molecular weight is 368 g/mol. The van der Waals surface area contributed by atoms with Gasteiger partial charge in [-0.2, -0.15) is 0 Å². The molecule has 9 heteroatoms. The maximum atomic E-state index is 12.5. The van der Waals surface area contributed by atoms with Gasteiger partial charge in [-0.1, -0.05) is 0 Å². The fourth-order valence-corrected chi connectivity index (χ4v) is 3.28. The number of carboxylic acid groups (broad SMARTS) is 1. The maximum Gasteiger partial charge on any atom is 0.323 e. The Labute approximate surface area is 149 Å². The molecule has 0 saturated carbocycles. The van der Waals surface area contributed by atoms with E-state index in [1.165, 1.54) is 35.8 Å². The van der Waals surface area contributed by atoms with E-state index in [1.54, 1.807) is 18.2 Å². The van der Waals surface area contributed by atoms with Crippen molar-refractivity contribution in [1.82, 2.24) is 9.80 Å². The standard InChI is InChI=1S/C16H20N2O6S/c1-23-12-3-11(4-13(5-12)24-2)6-17(8-16(21)22)14(19)7-18-10-25-9-15(18)20/h3-5H,6-10H2,1-2H3,(H,21,22). The minimum absolute atomic E-state index is 0.0772. The van der Waals surface area contributed by atoms with Gasteiger partial charge in [0.15, 0.2) is 0 Å². The van der Waals surface area contributed by atoms with Gasteiger partial charge in [0.25, 0.3) is 0 Å². The zero-order valence-electron chi connectivity index (χ0n) is 14.1. The van der Waals surface area contributed by atoms with E-state index in [1.807, 2.05) is 0 Å². The van der Waals surface area contributed by atoms with Crippen LogP contribution in [0, 0.1) is 0 Å². The summed E-state index contributed by atoms with van der Waals surface area (Å²) in [5, 5.41) is 9.10. The fourth-order valence-electron chi connectivity index (χ4n) is 2.38. The largest absolute Gasteiger partial charge is 0.497 e. The summed E-state index contributed by atoms with van der Waals surface area (Å²) < 4.78 is 10.4. The summed E-state index contributed by atoms with van der Waals surface area (Å²) in [4.78, 5) is 37.9. The van der Waals surface area contributed by atoms with Crippen LogP contribution in [0.2, 0.25) is 0 Å². The molecule has 0 aliphatic carbocycles. The Morgan fingerprint density at radius 1 is 1.24 bits per heavy atom. The highest BCUT2D eigenvalue weighted by molar-refractivity contribution is 8.00. The van der Waals surface area contributed by atoms with Crippen molar-refractivity contribution in [1.29, 1.82) is 0 Å². The summed E-state index contributed by atoms with van der Waals surface area (Å²) in [6.45, 7) is -0.498. The number of carboxylic acids is 1. The second-order valence-corrected chi connectivity index (χ2v) is 6.39. The fraction of sp³-hybridized carbons (Fsp3) is 0.438. The molecule has 1 aliphatic rings. The lowest BCUT2D eigenvalue weighted by molar-refractivity contribution is -0.146. The molecule has 2 amide bonds. The van der Waals surface area contributed by atoms with Crippen LogP contribution in [-0.4, -0.2) is 71.6 Å². The Bertz CT molecular complexity index is 644. The number of nitrogens with zero attached hydrogens (tertiary/aromatic N) is 2. The van der Waals surface area contributed by atoms with Crippen molar-refractivity contribution in [2.24, 2.45) is 0 Å². The number of hydrogen-bond donors (Lipinski definition) is 1. The second kappa shape index (κ2) is 8.61. The predicted octanol–water partition coefficient (Wildman–Crippen LogP) is 0.650. The van der Waals surface area contributed by atoms with Crippen molar-refractivity contribution in [3.05, 3.63) is 23.8 Å². The lowest BCUT2D eigenvalue weighted by Crippen LogP contribution is -2.42. The summed E-state index contributed by atoms with van der Waals surface area (Å²) in [5.41, 5.74) is 0.674. The zero-order chi connectivity index (χ0) is 18.4. The lowest BCUT2D eigenvalue weighted by Gasteiger charge is -2.24. The maximum absolute atomic E-state index is 12.5. The van der Waals surface area contributed by atoms with E-state index in [-0.39, 0.29) is 19.0 Å². The third-order valence-corrected chi connectivity index (χ3v) is 4.56. The molecule has 1 aromatic rings. The highest BCUT2D eigenvalue weighted by Crippen LogP contribution is 2.23. The summed E-state index contributed by atoms with van der Waals surface area (Å²) in [5.74, 6) is 0.228. The first-order chi connectivity index (χ1) is 11.9. The first-order valence-corrected chi connectivity index (χ1v) is 8.65. The third kappa shape index (κ3) is 5.28. The van der Waals surface area contributed by atoms with Gasteiger partial charge in [0.05, 0.1) is 25.8 Å². The van der Waals surface area contributed by atoms with E-state index in [2.05, 4.69) is 0 Å². The molecule has 2 rings (SSSR count). The van der Waals surface area contributed by atoms with Crippen LogP contribution in [0.15, 0.2) is 18.2 Å². The summed E-state index contributed by atoms with van der Waals surface area (Å²) in [6.07, 6.45) is 0. The Morgan fingerprint density at radius 3 is 2.36 bits per heavy atom. The monoisotopic (exact) mass is 368 g/mol. The van der Waals surface area contributed by atoms with Crippen LogP contribution in [-0.2, 0) is 20.9 Å². The highest BCUT2D eigenvalue weighted by Gasteiger charge is 2.26. The Hall–Kier alpha value is -2.42. The van der Waals surface area contributed by atoms with Gasteiger partial charge in [-0.15, -0.1) is 11.8 Å². The molecule has 1 N–H and O–H groups in total. The van der Waals surface area contributed by atoms with Crippen molar-refractivity contribution in [3.63, 3.8) is 0 Å². The summed E-state index contributed by atoms with van der Waals surface area (Å²) in [7, 11) is 3.02. The Morgan fingerprint density at radius 2 is 1.88 bits per heavy atom. The zero-order valence-corrected chi connectivity index (χ0v) is 14.9. The van der Waals surface area contributed by atoms with Crippen molar-refractivity contribution in [3.8, 4) is 11.5 Å². The van der Waals surface area contributed by atoms with Gasteiger partial charge in [0.2, 0.25) is 11.8 Å². The van der Waals surface area contributed by atoms with Crippen LogP contribution >= 0.6 is 11.8 Å². The number of carbonyl (C=O) groups is 3. The molecule has 136 valence electrons. The molecule has 0 aromatic heterocycles. The number of benzene rings is 1. The molecular weight excluding hydrogens is 348 g/mol. The molecule has 25 heavy (non-hydrogen) atoms. The Balaban J connectivity index is 2.15. The number of methoxy groups -OCH3 is 2. The quantitative estimate of drug-likeness (QED) is 0.720. The van der Waals surface area contributed by atoms with E-state index < -0.39 is 18.4 Å². The van der Waals surface area contributed by atoms with E-state index >= 15 is 0 Å². The number of amides is 2. The van der Waals surface area contributed by atoms with E-state index in [9.17, 15) is 14.4 Å². The van der Waals surface area contributed by atoms with E-state index in [0.29, 0.717) is 28.7 Å². The number of hydrogen-bond acceptors (Lipinski definition) is 6. The summed E-state index contributed by atoms with van der Waals surface area (Å²) in [6, 6.07) is 5.11. The minimum Gasteiger partial charge on any atom is -0.497 e. The third-order valence-electron chi connectivity index (χ3n) is 3.61. The average Bonchev–Trinajstić information content (AvgIpc) is 2.98. The van der Waals surface area contributed by atoms with Crippen LogP contribution in [0.1, 0.15) is 5.56 Å².